The molecule has 0 unspecified atom stereocenters. The number of carbonyl (C=O) groups is 2. The smallest absolute Gasteiger partial charge is 0.261 e. The Kier molecular flexibility index (Phi) is 3.83. The third-order valence-electron chi connectivity index (χ3n) is 4.33. The second kappa shape index (κ2) is 5.75. The number of hydrogen-bond acceptors (Lipinski definition) is 3. The van der Waals surface area contributed by atoms with E-state index in [-0.39, 0.29) is 11.8 Å². The summed E-state index contributed by atoms with van der Waals surface area (Å²) in [7, 11) is 0. The van der Waals surface area contributed by atoms with Gasteiger partial charge >= 0.3 is 0 Å². The Morgan fingerprint density at radius 2 is 1.65 bits per heavy atom. The van der Waals surface area contributed by atoms with Crippen molar-refractivity contribution >= 4 is 11.8 Å². The molecule has 2 aliphatic heterocycles. The second-order valence-corrected chi connectivity index (χ2v) is 5.64. The molecule has 0 atom stereocenters. The average molecular weight is 272 g/mol. The van der Waals surface area contributed by atoms with Gasteiger partial charge in [0.1, 0.15) is 0 Å². The highest BCUT2D eigenvalue weighted by atomic mass is 16.2. The molecule has 1 aromatic carbocycles. The van der Waals surface area contributed by atoms with E-state index in [1.54, 1.807) is 12.1 Å². The third-order valence-corrected chi connectivity index (χ3v) is 4.33. The van der Waals surface area contributed by atoms with Crippen molar-refractivity contribution in [3.8, 4) is 0 Å². The zero-order chi connectivity index (χ0) is 13.9. The summed E-state index contributed by atoms with van der Waals surface area (Å²) in [5, 5.41) is 3.35. The van der Waals surface area contributed by atoms with Gasteiger partial charge in [-0.25, -0.2) is 0 Å². The van der Waals surface area contributed by atoms with E-state index < -0.39 is 0 Å². The Balaban J connectivity index is 1.56. The monoisotopic (exact) mass is 272 g/mol. The van der Waals surface area contributed by atoms with Crippen molar-refractivity contribution in [2.75, 3.05) is 19.6 Å². The summed E-state index contributed by atoms with van der Waals surface area (Å²) in [6.07, 6.45) is 4.44. The Morgan fingerprint density at radius 1 is 1.05 bits per heavy atom. The number of fused-ring (bicyclic) bond motifs is 1. The zero-order valence-electron chi connectivity index (χ0n) is 11.6. The lowest BCUT2D eigenvalue weighted by Crippen LogP contribution is -2.32. The Morgan fingerprint density at radius 3 is 2.25 bits per heavy atom. The van der Waals surface area contributed by atoms with Crippen LogP contribution in [0.3, 0.4) is 0 Å². The lowest BCUT2D eigenvalue weighted by atomic mass is 9.93. The summed E-state index contributed by atoms with van der Waals surface area (Å²) < 4.78 is 0. The van der Waals surface area contributed by atoms with Crippen LogP contribution in [-0.2, 0) is 0 Å². The summed E-state index contributed by atoms with van der Waals surface area (Å²) in [6, 6.07) is 7.09. The quantitative estimate of drug-likeness (QED) is 0.854. The van der Waals surface area contributed by atoms with Gasteiger partial charge in [-0.15, -0.1) is 0 Å². The van der Waals surface area contributed by atoms with Crippen LogP contribution in [0.15, 0.2) is 24.3 Å². The number of carbonyl (C=O) groups excluding carboxylic acids is 2. The highest BCUT2D eigenvalue weighted by molar-refractivity contribution is 6.21. The molecule has 4 heteroatoms. The predicted molar refractivity (Wildman–Crippen MR) is 76.6 cm³/mol. The fraction of sp³-hybridized carbons (Fsp3) is 0.500. The number of nitrogens with zero attached hydrogens (tertiary/aromatic N) is 1. The molecule has 0 radical (unpaired) electrons. The van der Waals surface area contributed by atoms with Crippen molar-refractivity contribution in [1.82, 2.24) is 10.2 Å². The van der Waals surface area contributed by atoms with Crippen molar-refractivity contribution in [3.63, 3.8) is 0 Å². The Bertz CT molecular complexity index is 486. The molecule has 2 amide bonds. The van der Waals surface area contributed by atoms with Crippen LogP contribution in [0.2, 0.25) is 0 Å². The predicted octanol–water partition coefficient (Wildman–Crippen LogP) is 2.06. The molecular weight excluding hydrogens is 252 g/mol. The summed E-state index contributed by atoms with van der Waals surface area (Å²) in [5.41, 5.74) is 1.11. The fourth-order valence-corrected chi connectivity index (χ4v) is 3.15. The molecule has 4 nitrogen and oxygen atoms in total. The summed E-state index contributed by atoms with van der Waals surface area (Å²) in [5.74, 6) is 0.484. The van der Waals surface area contributed by atoms with Gasteiger partial charge in [-0.1, -0.05) is 12.1 Å². The number of imide groups is 1. The van der Waals surface area contributed by atoms with Gasteiger partial charge in [-0.3, -0.25) is 14.5 Å². The number of piperidine rings is 1. The van der Waals surface area contributed by atoms with E-state index in [2.05, 4.69) is 5.32 Å². The highest BCUT2D eigenvalue weighted by Crippen LogP contribution is 2.24. The van der Waals surface area contributed by atoms with Crippen LogP contribution in [-0.4, -0.2) is 36.3 Å². The van der Waals surface area contributed by atoms with E-state index in [9.17, 15) is 9.59 Å². The molecule has 0 aromatic heterocycles. The van der Waals surface area contributed by atoms with Gasteiger partial charge in [0.15, 0.2) is 0 Å². The minimum atomic E-state index is -0.129. The van der Waals surface area contributed by atoms with Crippen LogP contribution in [0.1, 0.15) is 46.4 Å². The summed E-state index contributed by atoms with van der Waals surface area (Å²) >= 11 is 0. The molecule has 106 valence electrons. The lowest BCUT2D eigenvalue weighted by Gasteiger charge is -2.23. The number of benzene rings is 1. The van der Waals surface area contributed by atoms with Crippen LogP contribution in [0.25, 0.3) is 0 Å². The van der Waals surface area contributed by atoms with E-state index in [1.165, 1.54) is 17.7 Å². The SMILES string of the molecule is O=C1c2ccccc2C(=O)N1CCCC1CCNCC1. The maximum atomic E-state index is 12.2. The van der Waals surface area contributed by atoms with Gasteiger partial charge in [0.2, 0.25) is 0 Å². The van der Waals surface area contributed by atoms with Gasteiger partial charge in [0.05, 0.1) is 11.1 Å². The molecule has 0 bridgehead atoms. The number of nitrogens with one attached hydrogen (secondary N) is 1. The van der Waals surface area contributed by atoms with Crippen molar-refractivity contribution in [2.24, 2.45) is 5.92 Å². The van der Waals surface area contributed by atoms with Crippen molar-refractivity contribution < 1.29 is 9.59 Å². The molecule has 2 aliphatic rings. The van der Waals surface area contributed by atoms with E-state index in [0.717, 1.165) is 31.8 Å². The van der Waals surface area contributed by atoms with Gasteiger partial charge in [-0.2, -0.15) is 0 Å². The van der Waals surface area contributed by atoms with Gasteiger partial charge in [-0.05, 0) is 56.8 Å². The lowest BCUT2D eigenvalue weighted by molar-refractivity contribution is 0.0649. The molecule has 0 saturated carbocycles. The van der Waals surface area contributed by atoms with Crippen molar-refractivity contribution in [3.05, 3.63) is 35.4 Å². The molecule has 2 heterocycles. The molecular formula is C16H20N2O2. The fourth-order valence-electron chi connectivity index (χ4n) is 3.15. The molecule has 0 aliphatic carbocycles. The molecule has 1 N–H and O–H groups in total. The van der Waals surface area contributed by atoms with Gasteiger partial charge < -0.3 is 5.32 Å². The Hall–Kier alpha value is -1.68. The maximum Gasteiger partial charge on any atom is 0.261 e. The normalized spacial score (nSPS) is 19.5. The topological polar surface area (TPSA) is 49.4 Å². The largest absolute Gasteiger partial charge is 0.317 e. The van der Waals surface area contributed by atoms with E-state index in [1.807, 2.05) is 12.1 Å². The number of rotatable bonds is 4. The highest BCUT2D eigenvalue weighted by Gasteiger charge is 2.34. The van der Waals surface area contributed by atoms with E-state index in [4.69, 9.17) is 0 Å². The summed E-state index contributed by atoms with van der Waals surface area (Å²) in [6.45, 7) is 2.74. The summed E-state index contributed by atoms with van der Waals surface area (Å²) in [4.78, 5) is 25.8. The molecule has 1 saturated heterocycles. The van der Waals surface area contributed by atoms with Crippen LogP contribution in [0, 0.1) is 5.92 Å². The molecule has 1 fully saturated rings. The molecule has 0 spiro atoms. The first-order valence-corrected chi connectivity index (χ1v) is 7.43. The minimum Gasteiger partial charge on any atom is -0.317 e. The van der Waals surface area contributed by atoms with E-state index in [0.29, 0.717) is 17.7 Å². The third kappa shape index (κ3) is 2.48. The van der Waals surface area contributed by atoms with Gasteiger partial charge in [0, 0.05) is 6.54 Å². The maximum absolute atomic E-state index is 12.2. The average Bonchev–Trinajstić information content (AvgIpc) is 2.74. The molecule has 20 heavy (non-hydrogen) atoms. The van der Waals surface area contributed by atoms with Crippen LogP contribution < -0.4 is 5.32 Å². The standard InChI is InChI=1S/C16H20N2O2/c19-15-13-5-1-2-6-14(13)16(20)18(15)11-3-4-12-7-9-17-10-8-12/h1-2,5-6,12,17H,3-4,7-11H2. The van der Waals surface area contributed by atoms with Crippen molar-refractivity contribution in [2.45, 2.75) is 25.7 Å². The van der Waals surface area contributed by atoms with Crippen LogP contribution in [0.4, 0.5) is 0 Å². The number of amides is 2. The molecule has 1 aromatic rings. The van der Waals surface area contributed by atoms with Crippen LogP contribution in [0.5, 0.6) is 0 Å². The van der Waals surface area contributed by atoms with Crippen molar-refractivity contribution in [1.29, 1.82) is 0 Å². The number of hydrogen-bond donors (Lipinski definition) is 1. The first-order valence-electron chi connectivity index (χ1n) is 7.43. The van der Waals surface area contributed by atoms with Crippen LogP contribution >= 0.6 is 0 Å². The first-order chi connectivity index (χ1) is 9.77. The first kappa shape index (κ1) is 13.3. The zero-order valence-corrected chi connectivity index (χ0v) is 11.6. The van der Waals surface area contributed by atoms with Gasteiger partial charge in [0.25, 0.3) is 11.8 Å². The van der Waals surface area contributed by atoms with E-state index >= 15 is 0 Å². The molecule has 3 rings (SSSR count). The second-order valence-electron chi connectivity index (χ2n) is 5.64. The minimum absolute atomic E-state index is 0.129. The Labute approximate surface area is 119 Å².